The van der Waals surface area contributed by atoms with E-state index in [4.69, 9.17) is 0 Å². The summed E-state index contributed by atoms with van der Waals surface area (Å²) < 4.78 is 41.9. The van der Waals surface area contributed by atoms with Gasteiger partial charge >= 0.3 is 12.1 Å². The minimum absolute atomic E-state index is 0.194. The number of esters is 1. The zero-order chi connectivity index (χ0) is 15.5. The van der Waals surface area contributed by atoms with Crippen LogP contribution < -0.4 is 5.32 Å². The molecule has 9 heteroatoms. The fraction of sp³-hybridized carbons (Fsp3) is 0.364. The molecule has 1 N–H and O–H groups in total. The lowest BCUT2D eigenvalue weighted by Gasteiger charge is -2.14. The number of anilines is 1. The van der Waals surface area contributed by atoms with E-state index in [1.54, 1.807) is 0 Å². The minimum Gasteiger partial charge on any atom is -0.467 e. The maximum absolute atomic E-state index is 12.5. The second kappa shape index (κ2) is 5.76. The molecule has 1 atom stereocenters. The van der Waals surface area contributed by atoms with Gasteiger partial charge in [0, 0.05) is 6.07 Å². The van der Waals surface area contributed by atoms with Gasteiger partial charge in [0.25, 0.3) is 5.69 Å². The third-order valence-electron chi connectivity index (χ3n) is 2.45. The van der Waals surface area contributed by atoms with Crippen molar-refractivity contribution in [3.8, 4) is 0 Å². The average molecular weight is 292 g/mol. The highest BCUT2D eigenvalue weighted by molar-refractivity contribution is 5.80. The number of nitro groups is 1. The molecule has 0 aliphatic rings. The molecule has 0 aliphatic heterocycles. The Hall–Kier alpha value is -2.32. The molecule has 0 aromatic heterocycles. The molecular weight excluding hydrogens is 281 g/mol. The summed E-state index contributed by atoms with van der Waals surface area (Å²) >= 11 is 0. The van der Waals surface area contributed by atoms with Crippen LogP contribution in [0.4, 0.5) is 24.5 Å². The van der Waals surface area contributed by atoms with Crippen LogP contribution in [0.5, 0.6) is 0 Å². The monoisotopic (exact) mass is 292 g/mol. The number of ether oxygens (including phenoxy) is 1. The number of hydrogen-bond donors (Lipinski definition) is 1. The standard InChI is InChI=1S/C11H11F3N2O4/c1-6(10(17)20-2)15-8-4-3-7(11(12,13)14)5-9(8)16(18)19/h3-6,15H,1-2H3. The quantitative estimate of drug-likeness (QED) is 0.524. The Kier molecular flexibility index (Phi) is 4.53. The molecule has 0 heterocycles. The molecule has 0 saturated heterocycles. The highest BCUT2D eigenvalue weighted by Gasteiger charge is 2.33. The summed E-state index contributed by atoms with van der Waals surface area (Å²) in [7, 11) is 1.13. The number of nitrogens with one attached hydrogen (secondary N) is 1. The molecule has 0 saturated carbocycles. The molecule has 110 valence electrons. The average Bonchev–Trinajstić information content (AvgIpc) is 2.36. The van der Waals surface area contributed by atoms with Crippen molar-refractivity contribution in [3.05, 3.63) is 33.9 Å². The molecule has 6 nitrogen and oxygen atoms in total. The SMILES string of the molecule is COC(=O)C(C)Nc1ccc(C(F)(F)F)cc1[N+](=O)[O-]. The normalized spacial score (nSPS) is 12.7. The van der Waals surface area contributed by atoms with E-state index in [-0.39, 0.29) is 5.69 Å². The first-order valence-electron chi connectivity index (χ1n) is 5.36. The van der Waals surface area contributed by atoms with Crippen molar-refractivity contribution in [2.45, 2.75) is 19.1 Å². The van der Waals surface area contributed by atoms with Crippen molar-refractivity contribution in [1.29, 1.82) is 0 Å². The van der Waals surface area contributed by atoms with Gasteiger partial charge in [-0.15, -0.1) is 0 Å². The number of nitro benzene ring substituents is 1. The zero-order valence-electron chi connectivity index (χ0n) is 10.5. The van der Waals surface area contributed by atoms with Crippen LogP contribution in [0.15, 0.2) is 18.2 Å². The van der Waals surface area contributed by atoms with Crippen molar-refractivity contribution in [3.63, 3.8) is 0 Å². The number of alkyl halides is 3. The number of hydrogen-bond acceptors (Lipinski definition) is 5. The van der Waals surface area contributed by atoms with Crippen molar-refractivity contribution in [2.75, 3.05) is 12.4 Å². The minimum atomic E-state index is -4.68. The van der Waals surface area contributed by atoms with Crippen LogP contribution in [0.3, 0.4) is 0 Å². The lowest BCUT2D eigenvalue weighted by Crippen LogP contribution is -2.27. The Morgan fingerprint density at radius 1 is 1.45 bits per heavy atom. The van der Waals surface area contributed by atoms with Crippen LogP contribution >= 0.6 is 0 Å². The molecule has 1 aromatic carbocycles. The second-order valence-corrected chi connectivity index (χ2v) is 3.88. The first-order valence-corrected chi connectivity index (χ1v) is 5.36. The number of carbonyl (C=O) groups excluding carboxylic acids is 1. The van der Waals surface area contributed by atoms with Gasteiger partial charge in [-0.05, 0) is 19.1 Å². The maximum Gasteiger partial charge on any atom is 0.416 e. The third-order valence-corrected chi connectivity index (χ3v) is 2.45. The first kappa shape index (κ1) is 15.7. The van der Waals surface area contributed by atoms with E-state index >= 15 is 0 Å². The second-order valence-electron chi connectivity index (χ2n) is 3.88. The molecule has 0 radical (unpaired) electrons. The smallest absolute Gasteiger partial charge is 0.416 e. The van der Waals surface area contributed by atoms with Crippen molar-refractivity contribution >= 4 is 17.3 Å². The summed E-state index contributed by atoms with van der Waals surface area (Å²) in [6.07, 6.45) is -4.68. The number of rotatable bonds is 4. The van der Waals surface area contributed by atoms with Gasteiger partial charge in [-0.2, -0.15) is 13.2 Å². The first-order chi connectivity index (χ1) is 9.16. The van der Waals surface area contributed by atoms with Crippen LogP contribution in [-0.4, -0.2) is 24.0 Å². The Labute approximate surface area is 111 Å². The van der Waals surface area contributed by atoms with Crippen LogP contribution in [0.1, 0.15) is 12.5 Å². The van der Waals surface area contributed by atoms with Crippen molar-refractivity contribution in [2.24, 2.45) is 0 Å². The molecule has 0 aliphatic carbocycles. The third kappa shape index (κ3) is 3.59. The van der Waals surface area contributed by atoms with Gasteiger partial charge < -0.3 is 10.1 Å². The number of benzene rings is 1. The summed E-state index contributed by atoms with van der Waals surface area (Å²) in [4.78, 5) is 21.0. The van der Waals surface area contributed by atoms with Gasteiger partial charge in [0.05, 0.1) is 17.6 Å². The number of carbonyl (C=O) groups is 1. The van der Waals surface area contributed by atoms with Gasteiger partial charge in [-0.25, -0.2) is 4.79 Å². The van der Waals surface area contributed by atoms with Gasteiger partial charge in [-0.1, -0.05) is 0 Å². The van der Waals surface area contributed by atoms with Gasteiger partial charge in [0.15, 0.2) is 0 Å². The van der Waals surface area contributed by atoms with E-state index in [1.807, 2.05) is 0 Å². The Morgan fingerprint density at radius 3 is 2.50 bits per heavy atom. The Morgan fingerprint density at radius 2 is 2.05 bits per heavy atom. The van der Waals surface area contributed by atoms with Gasteiger partial charge in [-0.3, -0.25) is 10.1 Å². The zero-order valence-corrected chi connectivity index (χ0v) is 10.5. The molecule has 0 amide bonds. The van der Waals surface area contributed by atoms with Gasteiger partial charge in [0.1, 0.15) is 11.7 Å². The van der Waals surface area contributed by atoms with Crippen molar-refractivity contribution < 1.29 is 27.6 Å². The Balaban J connectivity index is 3.15. The van der Waals surface area contributed by atoms with Crippen LogP contribution in [0.2, 0.25) is 0 Å². The van der Waals surface area contributed by atoms with Crippen LogP contribution in [-0.2, 0) is 15.7 Å². The van der Waals surface area contributed by atoms with E-state index < -0.39 is 34.4 Å². The molecule has 20 heavy (non-hydrogen) atoms. The fourth-order valence-corrected chi connectivity index (χ4v) is 1.45. The molecule has 1 aromatic rings. The van der Waals surface area contributed by atoms with E-state index in [0.717, 1.165) is 13.2 Å². The number of nitrogens with zero attached hydrogens (tertiary/aromatic N) is 1. The maximum atomic E-state index is 12.5. The van der Waals surface area contributed by atoms with E-state index in [1.165, 1.54) is 6.92 Å². The number of methoxy groups -OCH3 is 1. The lowest BCUT2D eigenvalue weighted by atomic mass is 10.1. The Bertz CT molecular complexity index is 531. The molecule has 1 unspecified atom stereocenters. The van der Waals surface area contributed by atoms with Gasteiger partial charge in [0.2, 0.25) is 0 Å². The molecule has 0 spiro atoms. The fourth-order valence-electron chi connectivity index (χ4n) is 1.45. The van der Waals surface area contributed by atoms with E-state index in [9.17, 15) is 28.1 Å². The van der Waals surface area contributed by atoms with E-state index in [0.29, 0.717) is 12.1 Å². The predicted molar refractivity (Wildman–Crippen MR) is 63.2 cm³/mol. The topological polar surface area (TPSA) is 81.5 Å². The molecular formula is C11H11F3N2O4. The van der Waals surface area contributed by atoms with Crippen molar-refractivity contribution in [1.82, 2.24) is 0 Å². The molecule has 0 fully saturated rings. The molecule has 0 bridgehead atoms. The highest BCUT2D eigenvalue weighted by atomic mass is 19.4. The molecule has 1 rings (SSSR count). The number of halogens is 3. The predicted octanol–water partition coefficient (Wildman–Crippen LogP) is 2.59. The van der Waals surface area contributed by atoms with Crippen LogP contribution in [0, 0.1) is 10.1 Å². The largest absolute Gasteiger partial charge is 0.467 e. The van der Waals surface area contributed by atoms with E-state index in [2.05, 4.69) is 10.1 Å². The summed E-state index contributed by atoms with van der Waals surface area (Å²) in [5.74, 6) is -0.695. The highest BCUT2D eigenvalue weighted by Crippen LogP contribution is 2.35. The summed E-state index contributed by atoms with van der Waals surface area (Å²) in [6.45, 7) is 1.37. The van der Waals surface area contributed by atoms with Crippen LogP contribution in [0.25, 0.3) is 0 Å². The summed E-state index contributed by atoms with van der Waals surface area (Å²) in [6, 6.07) is 1.07. The lowest BCUT2D eigenvalue weighted by molar-refractivity contribution is -0.384. The summed E-state index contributed by atoms with van der Waals surface area (Å²) in [5.41, 5.74) is -2.10. The summed E-state index contributed by atoms with van der Waals surface area (Å²) in [5, 5.41) is 13.2.